The van der Waals surface area contributed by atoms with Crippen molar-refractivity contribution in [2.75, 3.05) is 13.2 Å². The fourth-order valence-corrected chi connectivity index (χ4v) is 2.52. The Kier molecular flexibility index (Phi) is 7.86. The van der Waals surface area contributed by atoms with Crippen molar-refractivity contribution in [3.63, 3.8) is 0 Å². The lowest BCUT2D eigenvalue weighted by atomic mass is 10.1. The van der Waals surface area contributed by atoms with E-state index >= 15 is 0 Å². The monoisotopic (exact) mass is 369 g/mol. The summed E-state index contributed by atoms with van der Waals surface area (Å²) < 4.78 is 10.8. The van der Waals surface area contributed by atoms with Crippen LogP contribution in [0.4, 0.5) is 0 Å². The van der Waals surface area contributed by atoms with Crippen LogP contribution in [0.1, 0.15) is 36.7 Å². The molecular formula is C22H27NO4. The number of hydrogen-bond donors (Lipinski definition) is 1. The van der Waals surface area contributed by atoms with Crippen molar-refractivity contribution in [2.45, 2.75) is 33.2 Å². The van der Waals surface area contributed by atoms with Gasteiger partial charge in [0.2, 0.25) is 0 Å². The summed E-state index contributed by atoms with van der Waals surface area (Å²) in [6.07, 6.45) is 0.370. The normalized spacial score (nSPS) is 11.7. The van der Waals surface area contributed by atoms with Crippen molar-refractivity contribution in [1.82, 2.24) is 5.32 Å². The first kappa shape index (κ1) is 20.5. The number of carbonyl (C=O) groups excluding carboxylic acids is 2. The summed E-state index contributed by atoms with van der Waals surface area (Å²) in [5.74, 6) is 0.245. The Hall–Kier alpha value is -2.82. The molecular weight excluding hydrogens is 342 g/mol. The molecule has 27 heavy (non-hydrogen) atoms. The molecule has 5 nitrogen and oxygen atoms in total. The number of ether oxygens (including phenoxy) is 2. The largest absolute Gasteiger partial charge is 0.493 e. The Morgan fingerprint density at radius 1 is 1.04 bits per heavy atom. The van der Waals surface area contributed by atoms with Crippen LogP contribution in [0.3, 0.4) is 0 Å². The summed E-state index contributed by atoms with van der Waals surface area (Å²) in [7, 11) is 0. The molecule has 0 aliphatic heterocycles. The fraction of sp³-hybridized carbons (Fsp3) is 0.364. The minimum absolute atomic E-state index is 0.262. The van der Waals surface area contributed by atoms with E-state index in [1.54, 1.807) is 25.1 Å². The highest BCUT2D eigenvalue weighted by Gasteiger charge is 2.23. The van der Waals surface area contributed by atoms with Crippen LogP contribution in [0.15, 0.2) is 54.6 Å². The number of esters is 1. The van der Waals surface area contributed by atoms with E-state index in [0.717, 1.165) is 5.56 Å². The molecule has 1 amide bonds. The van der Waals surface area contributed by atoms with E-state index in [1.807, 2.05) is 36.4 Å². The molecule has 144 valence electrons. The zero-order chi connectivity index (χ0) is 19.6. The van der Waals surface area contributed by atoms with Gasteiger partial charge in [-0.25, -0.2) is 4.79 Å². The molecule has 1 unspecified atom stereocenters. The first-order valence-electron chi connectivity index (χ1n) is 9.24. The highest BCUT2D eigenvalue weighted by atomic mass is 16.5. The maximum Gasteiger partial charge on any atom is 0.328 e. The van der Waals surface area contributed by atoms with E-state index in [4.69, 9.17) is 9.47 Å². The van der Waals surface area contributed by atoms with E-state index in [1.165, 1.54) is 0 Å². The maximum atomic E-state index is 12.7. The summed E-state index contributed by atoms with van der Waals surface area (Å²) in [5, 5.41) is 2.79. The number of carbonyl (C=O) groups is 2. The van der Waals surface area contributed by atoms with Gasteiger partial charge in [0.25, 0.3) is 5.91 Å². The minimum Gasteiger partial charge on any atom is -0.493 e. The lowest BCUT2D eigenvalue weighted by molar-refractivity contribution is -0.145. The highest BCUT2D eigenvalue weighted by molar-refractivity contribution is 5.97. The van der Waals surface area contributed by atoms with Gasteiger partial charge in [0.05, 0.1) is 13.2 Å². The SMILES string of the molecule is CCOC(=O)C(Cc1ccccc1)NC(=O)c1cccc(OCC(C)C)c1. The molecule has 0 bridgehead atoms. The topological polar surface area (TPSA) is 64.6 Å². The van der Waals surface area contributed by atoms with E-state index < -0.39 is 12.0 Å². The van der Waals surface area contributed by atoms with Gasteiger partial charge in [-0.3, -0.25) is 4.79 Å². The summed E-state index contributed by atoms with van der Waals surface area (Å²) in [4.78, 5) is 25.0. The number of benzene rings is 2. The van der Waals surface area contributed by atoms with Crippen LogP contribution in [-0.2, 0) is 16.0 Å². The first-order valence-corrected chi connectivity index (χ1v) is 9.24. The molecule has 0 radical (unpaired) electrons. The second kappa shape index (κ2) is 10.4. The number of rotatable bonds is 9. The van der Waals surface area contributed by atoms with Crippen molar-refractivity contribution in [3.05, 3.63) is 65.7 Å². The molecule has 1 atom stereocenters. The van der Waals surface area contributed by atoms with Crippen LogP contribution in [0.5, 0.6) is 5.75 Å². The van der Waals surface area contributed by atoms with Gasteiger partial charge in [0.15, 0.2) is 0 Å². The van der Waals surface area contributed by atoms with Crippen LogP contribution < -0.4 is 10.1 Å². The van der Waals surface area contributed by atoms with Gasteiger partial charge in [0, 0.05) is 12.0 Å². The summed E-state index contributed by atoms with van der Waals surface area (Å²) in [5.41, 5.74) is 1.39. The lowest BCUT2D eigenvalue weighted by Crippen LogP contribution is -2.43. The van der Waals surface area contributed by atoms with Crippen molar-refractivity contribution in [2.24, 2.45) is 5.92 Å². The molecule has 0 heterocycles. The lowest BCUT2D eigenvalue weighted by Gasteiger charge is -2.18. The molecule has 2 aromatic rings. The van der Waals surface area contributed by atoms with E-state index in [0.29, 0.717) is 30.3 Å². The fourth-order valence-electron chi connectivity index (χ4n) is 2.52. The van der Waals surface area contributed by atoms with Gasteiger partial charge in [-0.2, -0.15) is 0 Å². The predicted octanol–water partition coefficient (Wildman–Crippen LogP) is 3.63. The van der Waals surface area contributed by atoms with Crippen molar-refractivity contribution < 1.29 is 19.1 Å². The van der Waals surface area contributed by atoms with Gasteiger partial charge >= 0.3 is 5.97 Å². The molecule has 0 aliphatic rings. The smallest absolute Gasteiger partial charge is 0.328 e. The van der Waals surface area contributed by atoms with Gasteiger partial charge in [-0.15, -0.1) is 0 Å². The van der Waals surface area contributed by atoms with Crippen molar-refractivity contribution >= 4 is 11.9 Å². The van der Waals surface area contributed by atoms with Gasteiger partial charge < -0.3 is 14.8 Å². The average molecular weight is 369 g/mol. The first-order chi connectivity index (χ1) is 13.0. The van der Waals surface area contributed by atoms with Crippen LogP contribution in [0, 0.1) is 5.92 Å². The molecule has 1 N–H and O–H groups in total. The van der Waals surface area contributed by atoms with E-state index in [9.17, 15) is 9.59 Å². The Morgan fingerprint density at radius 3 is 2.44 bits per heavy atom. The Labute approximate surface area is 160 Å². The molecule has 0 spiro atoms. The average Bonchev–Trinajstić information content (AvgIpc) is 2.67. The quantitative estimate of drug-likeness (QED) is 0.686. The number of hydrogen-bond acceptors (Lipinski definition) is 4. The molecule has 0 fully saturated rings. The maximum absolute atomic E-state index is 12.7. The van der Waals surface area contributed by atoms with Crippen LogP contribution in [-0.4, -0.2) is 31.1 Å². The zero-order valence-electron chi connectivity index (χ0n) is 16.1. The van der Waals surface area contributed by atoms with Crippen LogP contribution in [0.2, 0.25) is 0 Å². The number of nitrogens with one attached hydrogen (secondary N) is 1. The van der Waals surface area contributed by atoms with Gasteiger partial charge in [-0.05, 0) is 36.6 Å². The van der Waals surface area contributed by atoms with Crippen LogP contribution in [0.25, 0.3) is 0 Å². The molecule has 0 aliphatic carbocycles. The van der Waals surface area contributed by atoms with Crippen molar-refractivity contribution in [3.8, 4) is 5.75 Å². The summed E-state index contributed by atoms with van der Waals surface area (Å²) >= 11 is 0. The van der Waals surface area contributed by atoms with Gasteiger partial charge in [0.1, 0.15) is 11.8 Å². The second-order valence-corrected chi connectivity index (χ2v) is 6.70. The molecule has 2 rings (SSSR count). The Morgan fingerprint density at radius 2 is 1.78 bits per heavy atom. The standard InChI is InChI=1S/C22H27NO4/c1-4-26-22(25)20(13-17-9-6-5-7-10-17)23-21(24)18-11-8-12-19(14-18)27-15-16(2)3/h5-12,14,16,20H,4,13,15H2,1-3H3,(H,23,24). The Bertz CT molecular complexity index is 743. The predicted molar refractivity (Wildman–Crippen MR) is 105 cm³/mol. The number of amides is 1. The third kappa shape index (κ3) is 6.77. The highest BCUT2D eigenvalue weighted by Crippen LogP contribution is 2.15. The Balaban J connectivity index is 2.10. The molecule has 0 aromatic heterocycles. The van der Waals surface area contributed by atoms with Gasteiger partial charge in [-0.1, -0.05) is 50.2 Å². The van der Waals surface area contributed by atoms with E-state index in [-0.39, 0.29) is 12.5 Å². The summed E-state index contributed by atoms with van der Waals surface area (Å²) in [6.45, 7) is 6.70. The molecule has 0 saturated heterocycles. The van der Waals surface area contributed by atoms with Crippen molar-refractivity contribution in [1.29, 1.82) is 0 Å². The third-order valence-corrected chi connectivity index (χ3v) is 3.84. The molecule has 0 saturated carbocycles. The van der Waals surface area contributed by atoms with Crippen LogP contribution >= 0.6 is 0 Å². The minimum atomic E-state index is -0.750. The molecule has 5 heteroatoms. The van der Waals surface area contributed by atoms with E-state index in [2.05, 4.69) is 19.2 Å². The molecule has 2 aromatic carbocycles. The summed E-state index contributed by atoms with van der Waals surface area (Å²) in [6, 6.07) is 15.7. The third-order valence-electron chi connectivity index (χ3n) is 3.84. The second-order valence-electron chi connectivity index (χ2n) is 6.70. The zero-order valence-corrected chi connectivity index (χ0v) is 16.1.